The number of methoxy groups -OCH3 is 1. The number of aromatic nitrogens is 2. The topological polar surface area (TPSA) is 67.3 Å². The summed E-state index contributed by atoms with van der Waals surface area (Å²) in [5.74, 6) is -0.336. The molecular weight excluding hydrogens is 306 g/mol. The molecule has 1 fully saturated rings. The summed E-state index contributed by atoms with van der Waals surface area (Å²) in [5, 5.41) is 2.32. The van der Waals surface area contributed by atoms with Crippen LogP contribution in [0.25, 0.3) is 0 Å². The maximum atomic E-state index is 12.3. The molecule has 6 nitrogen and oxygen atoms in total. The van der Waals surface area contributed by atoms with Crippen LogP contribution in [-0.2, 0) is 11.3 Å². The first-order valence-electron chi connectivity index (χ1n) is 7.67. The zero-order valence-corrected chi connectivity index (χ0v) is 13.4. The van der Waals surface area contributed by atoms with Crippen LogP contribution in [0.4, 0.5) is 8.78 Å². The third-order valence-corrected chi connectivity index (χ3v) is 3.96. The van der Waals surface area contributed by atoms with E-state index >= 15 is 0 Å². The number of hydrogen-bond acceptors (Lipinski definition) is 5. The highest BCUT2D eigenvalue weighted by molar-refractivity contribution is 5.81. The van der Waals surface area contributed by atoms with Gasteiger partial charge in [-0.1, -0.05) is 6.42 Å². The summed E-state index contributed by atoms with van der Waals surface area (Å²) in [7, 11) is 1.50. The van der Waals surface area contributed by atoms with Crippen molar-refractivity contribution in [1.82, 2.24) is 20.2 Å². The summed E-state index contributed by atoms with van der Waals surface area (Å²) in [5.41, 5.74) is 1.69. The second-order valence-corrected chi connectivity index (χ2v) is 5.59. The number of carbonyl (C=O) groups is 1. The first kappa shape index (κ1) is 17.5. The van der Waals surface area contributed by atoms with E-state index in [1.807, 2.05) is 11.8 Å². The lowest BCUT2D eigenvalue weighted by Gasteiger charge is -2.34. The van der Waals surface area contributed by atoms with Gasteiger partial charge in [0, 0.05) is 24.0 Å². The van der Waals surface area contributed by atoms with Crippen LogP contribution in [0, 0.1) is 6.92 Å². The highest BCUT2D eigenvalue weighted by Gasteiger charge is 2.29. The average Bonchev–Trinajstić information content (AvgIpc) is 2.55. The molecule has 0 radical (unpaired) electrons. The number of halogens is 2. The number of ether oxygens (including phenoxy) is 1. The van der Waals surface area contributed by atoms with Gasteiger partial charge < -0.3 is 10.1 Å². The van der Waals surface area contributed by atoms with E-state index in [0.717, 1.165) is 30.6 Å². The van der Waals surface area contributed by atoms with E-state index < -0.39 is 13.0 Å². The number of carbonyl (C=O) groups excluding carboxylic acids is 1. The van der Waals surface area contributed by atoms with Crippen LogP contribution in [0.3, 0.4) is 0 Å². The minimum absolute atomic E-state index is 0.302. The molecule has 0 aromatic carbocycles. The highest BCUT2D eigenvalue weighted by atomic mass is 19.3. The monoisotopic (exact) mass is 328 g/mol. The Kier molecular flexibility index (Phi) is 6.20. The molecule has 0 aliphatic carbocycles. The van der Waals surface area contributed by atoms with Crippen molar-refractivity contribution < 1.29 is 18.3 Å². The van der Waals surface area contributed by atoms with Gasteiger partial charge in [0.1, 0.15) is 0 Å². The quantitative estimate of drug-likeness (QED) is 0.858. The number of piperidine rings is 1. The number of rotatable bonds is 6. The number of likely N-dealkylation sites (tertiary alicyclic amines) is 1. The minimum Gasteiger partial charge on any atom is -0.467 e. The van der Waals surface area contributed by atoms with Crippen molar-refractivity contribution in [3.63, 3.8) is 0 Å². The number of nitrogens with zero attached hydrogens (tertiary/aromatic N) is 3. The fraction of sp³-hybridized carbons (Fsp3) is 0.667. The number of hydrogen-bond donors (Lipinski definition) is 1. The Morgan fingerprint density at radius 2 is 2.30 bits per heavy atom. The molecule has 2 heterocycles. The molecule has 128 valence electrons. The number of alkyl halides is 2. The zero-order valence-electron chi connectivity index (χ0n) is 13.4. The second kappa shape index (κ2) is 8.14. The standard InChI is InChI=1S/C15H22F2N4O2/c1-10-11(7-19-15(20-10)23-2)9-21-6-4-3-5-12(21)14(22)18-8-13(16)17/h7,12-13H,3-6,8-9H2,1-2H3,(H,18,22)/t12-/m0/s1. The fourth-order valence-electron chi connectivity index (χ4n) is 2.72. The smallest absolute Gasteiger partial charge is 0.316 e. The van der Waals surface area contributed by atoms with E-state index in [1.54, 1.807) is 6.20 Å². The lowest BCUT2D eigenvalue weighted by molar-refractivity contribution is -0.128. The summed E-state index contributed by atoms with van der Waals surface area (Å²) < 4.78 is 29.5. The average molecular weight is 328 g/mol. The van der Waals surface area contributed by atoms with E-state index in [2.05, 4.69) is 15.3 Å². The Labute approximate surface area is 134 Å². The van der Waals surface area contributed by atoms with Gasteiger partial charge in [0.15, 0.2) is 0 Å². The Morgan fingerprint density at radius 1 is 1.52 bits per heavy atom. The minimum atomic E-state index is -2.53. The Balaban J connectivity index is 2.05. The van der Waals surface area contributed by atoms with Gasteiger partial charge in [0.2, 0.25) is 5.91 Å². The van der Waals surface area contributed by atoms with E-state index in [9.17, 15) is 13.6 Å². The van der Waals surface area contributed by atoms with E-state index in [-0.39, 0.29) is 11.9 Å². The Hall–Kier alpha value is -1.83. The molecule has 1 N–H and O–H groups in total. The van der Waals surface area contributed by atoms with Gasteiger partial charge in [-0.15, -0.1) is 0 Å². The predicted octanol–water partition coefficient (Wildman–Crippen LogP) is 1.53. The van der Waals surface area contributed by atoms with Crippen LogP contribution in [0.2, 0.25) is 0 Å². The number of aryl methyl sites for hydroxylation is 1. The molecule has 1 saturated heterocycles. The highest BCUT2D eigenvalue weighted by Crippen LogP contribution is 2.21. The summed E-state index contributed by atoms with van der Waals surface area (Å²) in [6.45, 7) is 2.52. The second-order valence-electron chi connectivity index (χ2n) is 5.59. The van der Waals surface area contributed by atoms with Crippen molar-refractivity contribution in [3.05, 3.63) is 17.5 Å². The molecule has 0 saturated carbocycles. The SMILES string of the molecule is COc1ncc(CN2CCCC[C@H]2C(=O)NCC(F)F)c(C)n1. The van der Waals surface area contributed by atoms with Crippen LogP contribution in [0.15, 0.2) is 6.20 Å². The number of amides is 1. The van der Waals surface area contributed by atoms with Crippen molar-refractivity contribution in [1.29, 1.82) is 0 Å². The van der Waals surface area contributed by atoms with Crippen LogP contribution >= 0.6 is 0 Å². The zero-order chi connectivity index (χ0) is 16.8. The normalized spacial score (nSPS) is 18.9. The third kappa shape index (κ3) is 4.82. The van der Waals surface area contributed by atoms with E-state index in [0.29, 0.717) is 19.0 Å². The Bertz CT molecular complexity index is 542. The van der Waals surface area contributed by atoms with Gasteiger partial charge in [-0.25, -0.2) is 18.7 Å². The molecule has 1 aliphatic rings. The first-order valence-corrected chi connectivity index (χ1v) is 7.67. The molecule has 1 aromatic rings. The van der Waals surface area contributed by atoms with Crippen LogP contribution in [0.1, 0.15) is 30.5 Å². The lowest BCUT2D eigenvalue weighted by Crippen LogP contribution is -2.49. The van der Waals surface area contributed by atoms with Gasteiger partial charge in [0.25, 0.3) is 6.43 Å². The molecule has 1 aliphatic heterocycles. The summed E-state index contributed by atoms with van der Waals surface area (Å²) >= 11 is 0. The maximum absolute atomic E-state index is 12.3. The first-order chi connectivity index (χ1) is 11.0. The largest absolute Gasteiger partial charge is 0.467 e. The predicted molar refractivity (Wildman–Crippen MR) is 80.4 cm³/mol. The van der Waals surface area contributed by atoms with Crippen molar-refractivity contribution in [2.24, 2.45) is 0 Å². The van der Waals surface area contributed by atoms with E-state index in [4.69, 9.17) is 4.74 Å². The van der Waals surface area contributed by atoms with Crippen molar-refractivity contribution >= 4 is 5.91 Å². The van der Waals surface area contributed by atoms with Crippen LogP contribution in [0.5, 0.6) is 6.01 Å². The van der Waals surface area contributed by atoms with Crippen LogP contribution < -0.4 is 10.1 Å². The molecular formula is C15H22F2N4O2. The molecule has 23 heavy (non-hydrogen) atoms. The Morgan fingerprint density at radius 3 is 2.96 bits per heavy atom. The van der Waals surface area contributed by atoms with Gasteiger partial charge in [0.05, 0.1) is 19.7 Å². The summed E-state index contributed by atoms with van der Waals surface area (Å²) in [4.78, 5) is 22.5. The molecule has 1 amide bonds. The molecule has 0 spiro atoms. The molecule has 1 atom stereocenters. The molecule has 1 aromatic heterocycles. The molecule has 0 bridgehead atoms. The number of nitrogens with one attached hydrogen (secondary N) is 1. The van der Waals surface area contributed by atoms with Gasteiger partial charge in [-0.2, -0.15) is 0 Å². The van der Waals surface area contributed by atoms with Crippen molar-refractivity contribution in [2.45, 2.75) is 45.2 Å². The van der Waals surface area contributed by atoms with E-state index in [1.165, 1.54) is 7.11 Å². The van der Waals surface area contributed by atoms with Gasteiger partial charge in [-0.3, -0.25) is 9.69 Å². The molecule has 2 rings (SSSR count). The summed E-state index contributed by atoms with van der Waals surface area (Å²) in [6, 6.07) is -0.0832. The lowest BCUT2D eigenvalue weighted by atomic mass is 10.0. The van der Waals surface area contributed by atoms with Crippen molar-refractivity contribution in [2.75, 3.05) is 20.2 Å². The maximum Gasteiger partial charge on any atom is 0.316 e. The third-order valence-electron chi connectivity index (χ3n) is 3.96. The summed E-state index contributed by atoms with van der Waals surface area (Å²) in [6.07, 6.45) is 1.72. The fourth-order valence-corrected chi connectivity index (χ4v) is 2.72. The van der Waals surface area contributed by atoms with Crippen LogP contribution in [-0.4, -0.2) is 53.4 Å². The molecule has 8 heteroatoms. The molecule has 0 unspecified atom stereocenters. The van der Waals surface area contributed by atoms with Crippen molar-refractivity contribution in [3.8, 4) is 6.01 Å². The van der Waals surface area contributed by atoms with Gasteiger partial charge >= 0.3 is 6.01 Å². The van der Waals surface area contributed by atoms with Gasteiger partial charge in [-0.05, 0) is 26.3 Å².